The fourth-order valence-corrected chi connectivity index (χ4v) is 1.46. The summed E-state index contributed by atoms with van der Waals surface area (Å²) in [6.07, 6.45) is 6.00. The van der Waals surface area contributed by atoms with Crippen molar-refractivity contribution in [3.8, 4) is 0 Å². The van der Waals surface area contributed by atoms with Crippen molar-refractivity contribution in [1.29, 1.82) is 0 Å². The second-order valence-corrected chi connectivity index (χ2v) is 3.16. The van der Waals surface area contributed by atoms with E-state index in [9.17, 15) is 4.79 Å². The smallest absolute Gasteiger partial charge is 0.243 e. The lowest BCUT2D eigenvalue weighted by molar-refractivity contribution is -0.116. The predicted octanol–water partition coefficient (Wildman–Crippen LogP) is 0.383. The van der Waals surface area contributed by atoms with E-state index in [1.165, 1.54) is 12.8 Å². The monoisotopic (exact) mass is 168 g/mol. The van der Waals surface area contributed by atoms with E-state index in [0.717, 1.165) is 6.54 Å². The third-order valence-corrected chi connectivity index (χ3v) is 2.29. The summed E-state index contributed by atoms with van der Waals surface area (Å²) in [6.45, 7) is 1.14. The van der Waals surface area contributed by atoms with E-state index in [1.807, 2.05) is 6.08 Å². The molecule has 1 saturated heterocycles. The standard InChI is InChI=1S/C9H16N2O/c1-10-9(12)6-5-8-4-3-7-11(8)2/h5-6,8H,3-4,7H2,1-2H3,(H,10,12)/b6-5+. The Kier molecular flexibility index (Phi) is 3.29. The number of likely N-dealkylation sites (tertiary alicyclic amines) is 1. The van der Waals surface area contributed by atoms with Crippen molar-refractivity contribution in [3.63, 3.8) is 0 Å². The van der Waals surface area contributed by atoms with Crippen LogP contribution < -0.4 is 5.32 Å². The lowest BCUT2D eigenvalue weighted by Gasteiger charge is -2.14. The van der Waals surface area contributed by atoms with Crippen LogP contribution in [-0.2, 0) is 4.79 Å². The van der Waals surface area contributed by atoms with Crippen molar-refractivity contribution in [2.24, 2.45) is 0 Å². The Labute approximate surface area is 73.4 Å². The highest BCUT2D eigenvalue weighted by Gasteiger charge is 2.17. The van der Waals surface area contributed by atoms with E-state index in [-0.39, 0.29) is 5.91 Å². The number of nitrogens with zero attached hydrogens (tertiary/aromatic N) is 1. The predicted molar refractivity (Wildman–Crippen MR) is 48.9 cm³/mol. The minimum Gasteiger partial charge on any atom is -0.356 e. The average molecular weight is 168 g/mol. The van der Waals surface area contributed by atoms with E-state index in [4.69, 9.17) is 0 Å². The maximum absolute atomic E-state index is 10.9. The molecule has 1 N–H and O–H groups in total. The Balaban J connectivity index is 2.39. The van der Waals surface area contributed by atoms with Gasteiger partial charge >= 0.3 is 0 Å². The lowest BCUT2D eigenvalue weighted by atomic mass is 10.2. The maximum atomic E-state index is 10.9. The average Bonchev–Trinajstić information content (AvgIpc) is 2.47. The van der Waals surface area contributed by atoms with Gasteiger partial charge in [-0.05, 0) is 26.4 Å². The third kappa shape index (κ3) is 2.34. The first-order valence-electron chi connectivity index (χ1n) is 4.34. The molecular weight excluding hydrogens is 152 g/mol. The minimum absolute atomic E-state index is 0.0182. The molecule has 12 heavy (non-hydrogen) atoms. The number of carbonyl (C=O) groups is 1. The molecule has 0 aromatic rings. The van der Waals surface area contributed by atoms with Gasteiger partial charge in [-0.15, -0.1) is 0 Å². The summed E-state index contributed by atoms with van der Waals surface area (Å²) in [5, 5.41) is 2.56. The van der Waals surface area contributed by atoms with Crippen LogP contribution in [0.5, 0.6) is 0 Å². The fraction of sp³-hybridized carbons (Fsp3) is 0.667. The van der Waals surface area contributed by atoms with Crippen LogP contribution >= 0.6 is 0 Å². The molecule has 1 atom stereocenters. The molecule has 1 aliphatic rings. The van der Waals surface area contributed by atoms with Crippen molar-refractivity contribution in [1.82, 2.24) is 10.2 Å². The zero-order chi connectivity index (χ0) is 8.97. The summed E-state index contributed by atoms with van der Waals surface area (Å²) < 4.78 is 0. The van der Waals surface area contributed by atoms with E-state index in [2.05, 4.69) is 17.3 Å². The molecule has 1 unspecified atom stereocenters. The molecule has 1 aliphatic heterocycles. The van der Waals surface area contributed by atoms with E-state index < -0.39 is 0 Å². The normalized spacial score (nSPS) is 25.0. The zero-order valence-electron chi connectivity index (χ0n) is 7.71. The Bertz CT molecular complexity index is 189. The second kappa shape index (κ2) is 4.26. The maximum Gasteiger partial charge on any atom is 0.243 e. The molecule has 0 saturated carbocycles. The van der Waals surface area contributed by atoms with Gasteiger partial charge in [-0.3, -0.25) is 9.69 Å². The highest BCUT2D eigenvalue weighted by molar-refractivity contribution is 5.87. The van der Waals surface area contributed by atoms with Crippen LogP contribution in [0.3, 0.4) is 0 Å². The van der Waals surface area contributed by atoms with Crippen molar-refractivity contribution >= 4 is 5.91 Å². The molecular formula is C9H16N2O. The first-order chi connectivity index (χ1) is 5.74. The number of rotatable bonds is 2. The Morgan fingerprint density at radius 1 is 1.67 bits per heavy atom. The molecule has 1 amide bonds. The molecule has 1 rings (SSSR count). The van der Waals surface area contributed by atoms with Crippen LogP contribution in [0, 0.1) is 0 Å². The van der Waals surface area contributed by atoms with E-state index >= 15 is 0 Å². The molecule has 3 nitrogen and oxygen atoms in total. The first-order valence-corrected chi connectivity index (χ1v) is 4.34. The van der Waals surface area contributed by atoms with Gasteiger partial charge in [0.2, 0.25) is 5.91 Å². The van der Waals surface area contributed by atoms with Crippen LogP contribution in [0.2, 0.25) is 0 Å². The second-order valence-electron chi connectivity index (χ2n) is 3.16. The van der Waals surface area contributed by atoms with Gasteiger partial charge in [-0.2, -0.15) is 0 Å². The number of nitrogens with one attached hydrogen (secondary N) is 1. The van der Waals surface area contributed by atoms with Crippen molar-refractivity contribution in [2.45, 2.75) is 18.9 Å². The summed E-state index contributed by atoms with van der Waals surface area (Å²) in [5.74, 6) is -0.0182. The largest absolute Gasteiger partial charge is 0.356 e. The number of hydrogen-bond acceptors (Lipinski definition) is 2. The number of amides is 1. The zero-order valence-corrected chi connectivity index (χ0v) is 7.71. The topological polar surface area (TPSA) is 32.3 Å². The highest BCUT2D eigenvalue weighted by atomic mass is 16.1. The van der Waals surface area contributed by atoms with Crippen molar-refractivity contribution in [2.75, 3.05) is 20.6 Å². The molecule has 0 aromatic carbocycles. The van der Waals surface area contributed by atoms with Crippen LogP contribution in [0.25, 0.3) is 0 Å². The van der Waals surface area contributed by atoms with Crippen molar-refractivity contribution < 1.29 is 4.79 Å². The van der Waals surface area contributed by atoms with Gasteiger partial charge in [0.05, 0.1) is 0 Å². The quantitative estimate of drug-likeness (QED) is 0.605. The van der Waals surface area contributed by atoms with Gasteiger partial charge in [0.15, 0.2) is 0 Å². The summed E-state index contributed by atoms with van der Waals surface area (Å²) in [6, 6.07) is 0.460. The fourth-order valence-electron chi connectivity index (χ4n) is 1.46. The Morgan fingerprint density at radius 3 is 2.92 bits per heavy atom. The molecule has 1 fully saturated rings. The van der Waals surface area contributed by atoms with Crippen LogP contribution in [-0.4, -0.2) is 37.5 Å². The molecule has 3 heteroatoms. The van der Waals surface area contributed by atoms with Crippen LogP contribution in [0.15, 0.2) is 12.2 Å². The summed E-state index contributed by atoms with van der Waals surface area (Å²) >= 11 is 0. The van der Waals surface area contributed by atoms with Gasteiger partial charge in [0, 0.05) is 19.2 Å². The molecule has 0 radical (unpaired) electrons. The Hall–Kier alpha value is -0.830. The van der Waals surface area contributed by atoms with Gasteiger partial charge in [-0.1, -0.05) is 6.08 Å². The molecule has 68 valence electrons. The summed E-state index contributed by atoms with van der Waals surface area (Å²) in [4.78, 5) is 13.1. The highest BCUT2D eigenvalue weighted by Crippen LogP contribution is 2.15. The number of hydrogen-bond donors (Lipinski definition) is 1. The van der Waals surface area contributed by atoms with Gasteiger partial charge < -0.3 is 5.32 Å². The summed E-state index contributed by atoms with van der Waals surface area (Å²) in [5.41, 5.74) is 0. The van der Waals surface area contributed by atoms with E-state index in [1.54, 1.807) is 13.1 Å². The van der Waals surface area contributed by atoms with Gasteiger partial charge in [-0.25, -0.2) is 0 Å². The first kappa shape index (κ1) is 9.26. The summed E-state index contributed by atoms with van der Waals surface area (Å²) in [7, 11) is 3.73. The lowest BCUT2D eigenvalue weighted by Crippen LogP contribution is -2.23. The molecule has 0 bridgehead atoms. The molecule has 0 aliphatic carbocycles. The van der Waals surface area contributed by atoms with Crippen LogP contribution in [0.4, 0.5) is 0 Å². The van der Waals surface area contributed by atoms with Gasteiger partial charge in [0.25, 0.3) is 0 Å². The Morgan fingerprint density at radius 2 is 2.42 bits per heavy atom. The van der Waals surface area contributed by atoms with E-state index in [0.29, 0.717) is 6.04 Å². The van der Waals surface area contributed by atoms with Crippen molar-refractivity contribution in [3.05, 3.63) is 12.2 Å². The third-order valence-electron chi connectivity index (χ3n) is 2.29. The van der Waals surface area contributed by atoms with Crippen LogP contribution in [0.1, 0.15) is 12.8 Å². The molecule has 1 heterocycles. The number of carbonyl (C=O) groups excluding carboxylic acids is 1. The number of likely N-dealkylation sites (N-methyl/N-ethyl adjacent to an activating group) is 2. The SMILES string of the molecule is CNC(=O)/C=C/C1CCCN1C. The molecule has 0 spiro atoms. The minimum atomic E-state index is -0.0182. The van der Waals surface area contributed by atoms with Gasteiger partial charge in [0.1, 0.15) is 0 Å². The molecule has 0 aromatic heterocycles.